The molecule has 2 heterocycles. The number of hydrogen-bond acceptors (Lipinski definition) is 3. The summed E-state index contributed by atoms with van der Waals surface area (Å²) in [6, 6.07) is 3.25. The molecule has 1 fully saturated rings. The van der Waals surface area contributed by atoms with Crippen LogP contribution in [0.4, 0.5) is 4.39 Å². The Morgan fingerprint density at radius 1 is 1.57 bits per heavy atom. The van der Waals surface area contributed by atoms with Gasteiger partial charge >= 0.3 is 0 Å². The summed E-state index contributed by atoms with van der Waals surface area (Å²) in [4.78, 5) is 4.50. The van der Waals surface area contributed by atoms with E-state index in [1.54, 1.807) is 13.2 Å². The summed E-state index contributed by atoms with van der Waals surface area (Å²) in [6.45, 7) is 1.75. The van der Waals surface area contributed by atoms with E-state index in [-0.39, 0.29) is 11.7 Å². The van der Waals surface area contributed by atoms with E-state index in [1.807, 2.05) is 27.2 Å². The van der Waals surface area contributed by atoms with Crippen molar-refractivity contribution in [1.82, 2.24) is 9.55 Å². The number of fused-ring (bicyclic) bond motifs is 1. The highest BCUT2D eigenvalue weighted by molar-refractivity contribution is 14.1. The topological polar surface area (TPSA) is 36.3 Å². The Bertz CT molecular complexity index is 671. The number of alkyl halides is 1. The first-order valence-electron chi connectivity index (χ1n) is 6.61. The molecule has 1 atom stereocenters. The first kappa shape index (κ1) is 15.5. The van der Waals surface area contributed by atoms with Crippen LogP contribution in [0.2, 0.25) is 0 Å². The van der Waals surface area contributed by atoms with Gasteiger partial charge in [-0.15, -0.1) is 11.6 Å². The maximum Gasteiger partial charge on any atom is 0.138 e. The van der Waals surface area contributed by atoms with Crippen LogP contribution < -0.4 is 0 Å². The molecular weight excluding hydrogens is 410 g/mol. The zero-order valence-corrected chi connectivity index (χ0v) is 14.4. The van der Waals surface area contributed by atoms with Crippen LogP contribution >= 0.6 is 34.2 Å². The summed E-state index contributed by atoms with van der Waals surface area (Å²) in [6.07, 6.45) is 0.803. The first-order valence-corrected chi connectivity index (χ1v) is 8.23. The number of hydrogen-bond donors (Lipinski definition) is 0. The Hall–Kier alpha value is -0.440. The predicted molar refractivity (Wildman–Crippen MR) is 87.1 cm³/mol. The molecule has 1 saturated heterocycles. The van der Waals surface area contributed by atoms with Crippen molar-refractivity contribution in [3.8, 4) is 0 Å². The van der Waals surface area contributed by atoms with Crippen molar-refractivity contribution in [2.24, 2.45) is 0 Å². The fraction of sp³-hybridized carbons (Fsp3) is 0.500. The van der Waals surface area contributed by atoms with E-state index in [2.05, 4.69) is 4.98 Å². The van der Waals surface area contributed by atoms with Crippen LogP contribution in [0.15, 0.2) is 12.1 Å². The van der Waals surface area contributed by atoms with Crippen molar-refractivity contribution in [3.63, 3.8) is 0 Å². The van der Waals surface area contributed by atoms with Crippen molar-refractivity contribution in [1.29, 1.82) is 0 Å². The van der Waals surface area contributed by atoms with Crippen molar-refractivity contribution < 1.29 is 13.9 Å². The van der Waals surface area contributed by atoms with Crippen molar-refractivity contribution in [3.05, 3.63) is 27.3 Å². The largest absolute Gasteiger partial charge is 0.378 e. The van der Waals surface area contributed by atoms with Gasteiger partial charge in [0.1, 0.15) is 17.2 Å². The molecule has 1 aromatic heterocycles. The van der Waals surface area contributed by atoms with Gasteiger partial charge in [0.2, 0.25) is 0 Å². The van der Waals surface area contributed by atoms with Gasteiger partial charge < -0.3 is 14.0 Å². The molecule has 3 rings (SSSR count). The van der Waals surface area contributed by atoms with Crippen molar-refractivity contribution >= 4 is 45.2 Å². The van der Waals surface area contributed by atoms with Gasteiger partial charge in [0.05, 0.1) is 33.6 Å². The number of methoxy groups -OCH3 is 1. The summed E-state index contributed by atoms with van der Waals surface area (Å²) in [5, 5.41) is 0. The Morgan fingerprint density at radius 3 is 3.00 bits per heavy atom. The predicted octanol–water partition coefficient (Wildman–Crippen LogP) is 3.32. The highest BCUT2D eigenvalue weighted by Crippen LogP contribution is 2.29. The van der Waals surface area contributed by atoms with Crippen LogP contribution in [-0.2, 0) is 21.9 Å². The third-order valence-corrected chi connectivity index (χ3v) is 5.00. The van der Waals surface area contributed by atoms with Crippen LogP contribution in [0.1, 0.15) is 12.2 Å². The van der Waals surface area contributed by atoms with Crippen LogP contribution in [0.25, 0.3) is 11.0 Å². The van der Waals surface area contributed by atoms with Crippen LogP contribution in [0, 0.1) is 9.39 Å². The summed E-state index contributed by atoms with van der Waals surface area (Å²) in [7, 11) is 1.68. The first-order chi connectivity index (χ1) is 10.1. The SMILES string of the molecule is COC1(Cn2c(CCl)nc3cc(I)c(F)cc32)CCOC1. The van der Waals surface area contributed by atoms with E-state index in [1.165, 1.54) is 6.07 Å². The quantitative estimate of drug-likeness (QED) is 0.558. The molecular formula is C14H15ClFIN2O2. The monoisotopic (exact) mass is 424 g/mol. The normalized spacial score (nSPS) is 22.3. The molecule has 0 saturated carbocycles. The summed E-state index contributed by atoms with van der Waals surface area (Å²) in [5.74, 6) is 0.740. The number of imidazole rings is 1. The van der Waals surface area contributed by atoms with Gasteiger partial charge in [-0.3, -0.25) is 0 Å². The van der Waals surface area contributed by atoms with Crippen LogP contribution in [-0.4, -0.2) is 35.5 Å². The molecule has 2 aromatic rings. The number of ether oxygens (including phenoxy) is 2. The molecule has 1 aliphatic rings. The van der Waals surface area contributed by atoms with Crippen LogP contribution in [0.3, 0.4) is 0 Å². The van der Waals surface area contributed by atoms with E-state index in [4.69, 9.17) is 21.1 Å². The van der Waals surface area contributed by atoms with E-state index in [9.17, 15) is 4.39 Å². The van der Waals surface area contributed by atoms with E-state index in [0.717, 1.165) is 23.3 Å². The lowest BCUT2D eigenvalue weighted by Gasteiger charge is -2.27. The molecule has 0 aliphatic carbocycles. The molecule has 4 nitrogen and oxygen atoms in total. The van der Waals surface area contributed by atoms with E-state index < -0.39 is 5.60 Å². The minimum absolute atomic E-state index is 0.250. The number of nitrogens with zero attached hydrogens (tertiary/aromatic N) is 2. The second-order valence-corrected chi connectivity index (χ2v) is 6.62. The molecule has 0 bridgehead atoms. The highest BCUT2D eigenvalue weighted by atomic mass is 127. The maximum atomic E-state index is 13.9. The van der Waals surface area contributed by atoms with Crippen molar-refractivity contribution in [2.45, 2.75) is 24.4 Å². The van der Waals surface area contributed by atoms with E-state index in [0.29, 0.717) is 23.3 Å². The summed E-state index contributed by atoms with van der Waals surface area (Å²) >= 11 is 7.97. The lowest BCUT2D eigenvalue weighted by molar-refractivity contribution is -0.0291. The maximum absolute atomic E-state index is 13.9. The standard InChI is InChI=1S/C14H15ClFIN2O2/c1-20-14(2-3-21-8-14)7-19-12-4-9(16)10(17)5-11(12)18-13(19)6-15/h4-5H,2-3,6-8H2,1H3. The van der Waals surface area contributed by atoms with Crippen LogP contribution in [0.5, 0.6) is 0 Å². The van der Waals surface area contributed by atoms with E-state index >= 15 is 0 Å². The molecule has 0 spiro atoms. The molecule has 0 radical (unpaired) electrons. The molecule has 1 unspecified atom stereocenters. The van der Waals surface area contributed by atoms with Gasteiger partial charge in [-0.2, -0.15) is 0 Å². The van der Waals surface area contributed by atoms with Gasteiger partial charge in [-0.1, -0.05) is 0 Å². The molecule has 21 heavy (non-hydrogen) atoms. The number of benzene rings is 1. The fourth-order valence-electron chi connectivity index (χ4n) is 2.68. The molecule has 1 aromatic carbocycles. The highest BCUT2D eigenvalue weighted by Gasteiger charge is 2.36. The van der Waals surface area contributed by atoms with Gasteiger partial charge in [0, 0.05) is 26.2 Å². The number of halogens is 3. The second kappa shape index (κ2) is 5.98. The van der Waals surface area contributed by atoms with Crippen molar-refractivity contribution in [2.75, 3.05) is 20.3 Å². The fourth-order valence-corrected chi connectivity index (χ4v) is 3.33. The zero-order valence-electron chi connectivity index (χ0n) is 11.5. The molecule has 7 heteroatoms. The average Bonchev–Trinajstić information content (AvgIpc) is 3.07. The Labute approximate surface area is 140 Å². The third-order valence-electron chi connectivity index (χ3n) is 3.94. The van der Waals surface area contributed by atoms with Gasteiger partial charge in [0.15, 0.2) is 0 Å². The average molecular weight is 425 g/mol. The Kier molecular flexibility index (Phi) is 4.40. The zero-order chi connectivity index (χ0) is 15.0. The van der Waals surface area contributed by atoms with Gasteiger partial charge in [0.25, 0.3) is 0 Å². The minimum Gasteiger partial charge on any atom is -0.378 e. The molecule has 114 valence electrons. The Morgan fingerprint density at radius 2 is 2.38 bits per heavy atom. The summed E-state index contributed by atoms with van der Waals surface area (Å²) in [5.41, 5.74) is 1.10. The lowest BCUT2D eigenvalue weighted by atomic mass is 10.0. The number of rotatable bonds is 4. The third kappa shape index (κ3) is 2.78. The molecule has 0 N–H and O–H groups in total. The second-order valence-electron chi connectivity index (χ2n) is 5.19. The summed E-state index contributed by atoms with van der Waals surface area (Å²) < 4.78 is 27.5. The lowest BCUT2D eigenvalue weighted by Crippen LogP contribution is -2.37. The Balaban J connectivity index is 2.09. The smallest absolute Gasteiger partial charge is 0.138 e. The minimum atomic E-state index is -0.395. The molecule has 1 aliphatic heterocycles. The van der Waals surface area contributed by atoms with Gasteiger partial charge in [-0.05, 0) is 28.7 Å². The van der Waals surface area contributed by atoms with Gasteiger partial charge in [-0.25, -0.2) is 9.37 Å². The number of aromatic nitrogens is 2. The molecule has 0 amide bonds.